The molecule has 0 amide bonds. The van der Waals surface area contributed by atoms with Crippen LogP contribution in [0.1, 0.15) is 11.5 Å². The van der Waals surface area contributed by atoms with Gasteiger partial charge in [0.15, 0.2) is 0 Å². The third-order valence-corrected chi connectivity index (χ3v) is 5.05. The second-order valence-corrected chi connectivity index (χ2v) is 7.68. The third-order valence-electron chi connectivity index (χ3n) is 3.50. The minimum atomic E-state index is -3.55. The molecule has 0 aliphatic carbocycles. The van der Waals surface area contributed by atoms with Crippen LogP contribution in [-0.2, 0) is 22.3 Å². The highest BCUT2D eigenvalue weighted by atomic mass is 35.5. The fourth-order valence-corrected chi connectivity index (χ4v) is 3.42. The molecule has 0 saturated carbocycles. The smallest absolute Gasteiger partial charge is 0.247 e. The van der Waals surface area contributed by atoms with Gasteiger partial charge in [0.05, 0.1) is 19.4 Å². The monoisotopic (exact) mass is 393 g/mol. The van der Waals surface area contributed by atoms with Crippen LogP contribution in [0.5, 0.6) is 5.75 Å². The van der Waals surface area contributed by atoms with Gasteiger partial charge in [-0.3, -0.25) is 0 Å². The first-order chi connectivity index (χ1) is 12.4. The molecular weight excluding hydrogens is 378 g/mol. The van der Waals surface area contributed by atoms with Crippen molar-refractivity contribution in [1.29, 1.82) is 0 Å². The van der Waals surface area contributed by atoms with Crippen LogP contribution in [0.2, 0.25) is 5.02 Å². The van der Waals surface area contributed by atoms with Gasteiger partial charge < -0.3 is 9.15 Å². The van der Waals surface area contributed by atoms with E-state index in [2.05, 4.69) is 14.9 Å². The molecule has 26 heavy (non-hydrogen) atoms. The minimum Gasteiger partial charge on any atom is -0.497 e. The normalized spacial score (nSPS) is 11.5. The Balaban J connectivity index is 1.64. The number of methoxy groups -OCH3 is 1. The van der Waals surface area contributed by atoms with Crippen LogP contribution < -0.4 is 9.46 Å². The maximum Gasteiger partial charge on any atom is 0.247 e. The van der Waals surface area contributed by atoms with Crippen molar-refractivity contribution in [2.45, 2.75) is 12.3 Å². The molecular formula is C17H16ClN3O4S. The maximum absolute atomic E-state index is 12.2. The lowest BCUT2D eigenvalue weighted by Crippen LogP contribution is -2.24. The molecule has 0 atom stereocenters. The van der Waals surface area contributed by atoms with Gasteiger partial charge in [-0.05, 0) is 35.9 Å². The van der Waals surface area contributed by atoms with E-state index in [-0.39, 0.29) is 24.1 Å². The highest BCUT2D eigenvalue weighted by molar-refractivity contribution is 7.88. The van der Waals surface area contributed by atoms with Crippen molar-refractivity contribution in [2.75, 3.05) is 7.11 Å². The quantitative estimate of drug-likeness (QED) is 0.663. The molecule has 0 aliphatic rings. The van der Waals surface area contributed by atoms with E-state index in [1.165, 1.54) is 0 Å². The maximum atomic E-state index is 12.2. The van der Waals surface area contributed by atoms with Gasteiger partial charge in [0.1, 0.15) is 5.75 Å². The average molecular weight is 394 g/mol. The molecule has 0 unspecified atom stereocenters. The van der Waals surface area contributed by atoms with Crippen LogP contribution in [0, 0.1) is 0 Å². The molecule has 0 fully saturated rings. The van der Waals surface area contributed by atoms with Crippen LogP contribution in [0.3, 0.4) is 0 Å². The molecule has 0 radical (unpaired) electrons. The summed E-state index contributed by atoms with van der Waals surface area (Å²) in [6.07, 6.45) is 0. The largest absolute Gasteiger partial charge is 0.497 e. The molecule has 0 spiro atoms. The van der Waals surface area contributed by atoms with Gasteiger partial charge in [-0.2, -0.15) is 0 Å². The number of halogens is 1. The number of nitrogens with zero attached hydrogens (tertiary/aromatic N) is 2. The summed E-state index contributed by atoms with van der Waals surface area (Å²) in [7, 11) is -1.99. The van der Waals surface area contributed by atoms with Crippen molar-refractivity contribution < 1.29 is 17.6 Å². The van der Waals surface area contributed by atoms with Gasteiger partial charge in [0.25, 0.3) is 0 Å². The predicted molar refractivity (Wildman–Crippen MR) is 97.2 cm³/mol. The summed E-state index contributed by atoms with van der Waals surface area (Å²) in [5.74, 6) is 0.949. The van der Waals surface area contributed by atoms with Crippen LogP contribution in [-0.4, -0.2) is 25.7 Å². The summed E-state index contributed by atoms with van der Waals surface area (Å²) in [6, 6.07) is 13.8. The Bertz CT molecular complexity index is 987. The number of sulfonamides is 1. The Morgan fingerprint density at radius 1 is 1.15 bits per heavy atom. The number of ether oxygens (including phenoxy) is 1. The SMILES string of the molecule is COc1cccc(-c2nnc(CNS(=O)(=O)Cc3ccc(Cl)cc3)o2)c1. The van der Waals surface area contributed by atoms with Gasteiger partial charge in [-0.1, -0.05) is 29.8 Å². The van der Waals surface area contributed by atoms with E-state index in [1.807, 2.05) is 0 Å². The van der Waals surface area contributed by atoms with E-state index in [0.717, 1.165) is 0 Å². The first-order valence-corrected chi connectivity index (χ1v) is 9.67. The lowest BCUT2D eigenvalue weighted by atomic mass is 10.2. The van der Waals surface area contributed by atoms with Crippen molar-refractivity contribution in [2.24, 2.45) is 0 Å². The second-order valence-electron chi connectivity index (χ2n) is 5.44. The molecule has 2 aromatic carbocycles. The molecule has 0 saturated heterocycles. The predicted octanol–water partition coefficient (Wildman–Crippen LogP) is 3.02. The molecule has 3 rings (SSSR count). The van der Waals surface area contributed by atoms with E-state index in [9.17, 15) is 8.42 Å². The third kappa shape index (κ3) is 4.81. The number of rotatable bonds is 7. The van der Waals surface area contributed by atoms with Crippen molar-refractivity contribution in [3.8, 4) is 17.2 Å². The van der Waals surface area contributed by atoms with Crippen LogP contribution in [0.25, 0.3) is 11.5 Å². The van der Waals surface area contributed by atoms with Gasteiger partial charge in [0, 0.05) is 10.6 Å². The lowest BCUT2D eigenvalue weighted by molar-refractivity contribution is 0.414. The summed E-state index contributed by atoms with van der Waals surface area (Å²) in [5.41, 5.74) is 1.32. The summed E-state index contributed by atoms with van der Waals surface area (Å²) >= 11 is 5.80. The van der Waals surface area contributed by atoms with E-state index >= 15 is 0 Å². The topological polar surface area (TPSA) is 94.3 Å². The molecule has 3 aromatic rings. The van der Waals surface area contributed by atoms with Crippen molar-refractivity contribution >= 4 is 21.6 Å². The van der Waals surface area contributed by atoms with E-state index in [4.69, 9.17) is 20.8 Å². The lowest BCUT2D eigenvalue weighted by Gasteiger charge is -2.05. The summed E-state index contributed by atoms with van der Waals surface area (Å²) < 4.78 is 37.4. The van der Waals surface area contributed by atoms with Gasteiger partial charge >= 0.3 is 0 Å². The zero-order valence-corrected chi connectivity index (χ0v) is 15.4. The second kappa shape index (κ2) is 7.86. The van der Waals surface area contributed by atoms with Crippen molar-refractivity contribution in [3.63, 3.8) is 0 Å². The number of hydrogen-bond acceptors (Lipinski definition) is 6. The van der Waals surface area contributed by atoms with Gasteiger partial charge in [-0.15, -0.1) is 10.2 Å². The van der Waals surface area contributed by atoms with Gasteiger partial charge in [-0.25, -0.2) is 13.1 Å². The summed E-state index contributed by atoms with van der Waals surface area (Å²) in [5, 5.41) is 8.35. The molecule has 7 nitrogen and oxygen atoms in total. The number of benzene rings is 2. The molecule has 0 bridgehead atoms. The Morgan fingerprint density at radius 2 is 1.92 bits per heavy atom. The first-order valence-electron chi connectivity index (χ1n) is 7.64. The first kappa shape index (κ1) is 18.4. The van der Waals surface area contributed by atoms with Crippen molar-refractivity contribution in [1.82, 2.24) is 14.9 Å². The Morgan fingerprint density at radius 3 is 2.65 bits per heavy atom. The number of aromatic nitrogens is 2. The fraction of sp³-hybridized carbons (Fsp3) is 0.176. The molecule has 9 heteroatoms. The Kier molecular flexibility index (Phi) is 5.55. The number of hydrogen-bond donors (Lipinski definition) is 1. The molecule has 0 aliphatic heterocycles. The van der Waals surface area contributed by atoms with E-state index in [0.29, 0.717) is 21.9 Å². The Labute approximate surface area is 156 Å². The Hall–Kier alpha value is -2.42. The fourth-order valence-electron chi connectivity index (χ4n) is 2.22. The minimum absolute atomic E-state index is 0.0904. The van der Waals surface area contributed by atoms with E-state index < -0.39 is 10.0 Å². The van der Waals surface area contributed by atoms with Crippen molar-refractivity contribution in [3.05, 3.63) is 65.0 Å². The average Bonchev–Trinajstić information content (AvgIpc) is 3.11. The zero-order chi connectivity index (χ0) is 18.6. The van der Waals surface area contributed by atoms with Crippen LogP contribution >= 0.6 is 11.6 Å². The highest BCUT2D eigenvalue weighted by Crippen LogP contribution is 2.22. The van der Waals surface area contributed by atoms with E-state index in [1.54, 1.807) is 55.6 Å². The standard InChI is InChI=1S/C17H16ClN3O4S/c1-24-15-4-2-3-13(9-15)17-21-20-16(25-17)10-19-26(22,23)11-12-5-7-14(18)8-6-12/h2-9,19H,10-11H2,1H3. The van der Waals surface area contributed by atoms with Gasteiger partial charge in [0.2, 0.25) is 21.8 Å². The summed E-state index contributed by atoms with van der Waals surface area (Å²) in [4.78, 5) is 0. The zero-order valence-electron chi connectivity index (χ0n) is 13.8. The van der Waals surface area contributed by atoms with Crippen LogP contribution in [0.4, 0.5) is 0 Å². The molecule has 1 N–H and O–H groups in total. The molecule has 136 valence electrons. The molecule has 1 heterocycles. The number of nitrogens with one attached hydrogen (secondary N) is 1. The van der Waals surface area contributed by atoms with Crippen LogP contribution in [0.15, 0.2) is 52.9 Å². The summed E-state index contributed by atoms with van der Waals surface area (Å²) in [6.45, 7) is -0.0904. The highest BCUT2D eigenvalue weighted by Gasteiger charge is 2.15. The molecule has 1 aromatic heterocycles.